The summed E-state index contributed by atoms with van der Waals surface area (Å²) in [6.07, 6.45) is -1.38. The molecule has 1 amide bonds. The predicted octanol–water partition coefficient (Wildman–Crippen LogP) is 3.55. The Morgan fingerprint density at radius 3 is 2.42 bits per heavy atom. The van der Waals surface area contributed by atoms with Gasteiger partial charge < -0.3 is 10.4 Å². The van der Waals surface area contributed by atoms with Crippen LogP contribution in [0.5, 0.6) is 0 Å². The molecule has 5 nitrogen and oxygen atoms in total. The molecule has 0 unspecified atom stereocenters. The number of carbonyl (C=O) groups is 3. The number of rotatable bonds is 6. The summed E-state index contributed by atoms with van der Waals surface area (Å²) in [6.45, 7) is -0.0931. The van der Waals surface area contributed by atoms with Crippen LogP contribution in [0.15, 0.2) is 42.5 Å². The van der Waals surface area contributed by atoms with E-state index in [1.807, 2.05) is 0 Å². The van der Waals surface area contributed by atoms with Crippen molar-refractivity contribution in [2.75, 3.05) is 6.54 Å². The van der Waals surface area contributed by atoms with E-state index < -0.39 is 23.5 Å². The molecule has 0 spiro atoms. The maximum atomic E-state index is 13.8. The summed E-state index contributed by atoms with van der Waals surface area (Å²) in [7, 11) is 0. The molecule has 0 aliphatic rings. The number of amides is 1. The topological polar surface area (TPSA) is 83.5 Å². The summed E-state index contributed by atoms with van der Waals surface area (Å²) in [5.41, 5.74) is -0.120. The van der Waals surface area contributed by atoms with Gasteiger partial charge in [0.1, 0.15) is 5.82 Å². The van der Waals surface area contributed by atoms with Crippen molar-refractivity contribution in [3.05, 3.63) is 70.0 Å². The number of Topliss-reactive ketones (excluding diaryl/α,β-unsaturated/α-hetero) is 1. The Balaban J connectivity index is 2.34. The molecule has 0 saturated heterocycles. The molecule has 0 saturated carbocycles. The van der Waals surface area contributed by atoms with Crippen LogP contribution in [0.1, 0.15) is 32.7 Å². The molecule has 7 heteroatoms. The zero-order chi connectivity index (χ0) is 17.7. The van der Waals surface area contributed by atoms with Gasteiger partial charge in [-0.1, -0.05) is 23.7 Å². The number of carboxylic acid groups (broad SMARTS) is 1. The van der Waals surface area contributed by atoms with E-state index in [1.54, 1.807) is 0 Å². The Morgan fingerprint density at radius 1 is 1.04 bits per heavy atom. The number of benzene rings is 2. The first-order chi connectivity index (χ1) is 11.4. The van der Waals surface area contributed by atoms with Crippen molar-refractivity contribution in [2.45, 2.75) is 6.42 Å². The van der Waals surface area contributed by atoms with Crippen molar-refractivity contribution in [3.8, 4) is 0 Å². The van der Waals surface area contributed by atoms with Gasteiger partial charge in [-0.25, -0.2) is 9.18 Å². The normalized spacial score (nSPS) is 10.2. The van der Waals surface area contributed by atoms with Crippen LogP contribution in [0.3, 0.4) is 0 Å². The van der Waals surface area contributed by atoms with Crippen LogP contribution in [0.4, 0.5) is 9.18 Å². The van der Waals surface area contributed by atoms with Crippen molar-refractivity contribution in [2.24, 2.45) is 0 Å². The minimum absolute atomic E-state index is 0.0204. The predicted molar refractivity (Wildman–Crippen MR) is 86.3 cm³/mol. The van der Waals surface area contributed by atoms with Gasteiger partial charge in [0.15, 0.2) is 11.6 Å². The van der Waals surface area contributed by atoms with Crippen molar-refractivity contribution in [1.29, 1.82) is 0 Å². The lowest BCUT2D eigenvalue weighted by Gasteiger charge is -2.09. The second-order valence-corrected chi connectivity index (χ2v) is 5.34. The monoisotopic (exact) mass is 349 g/mol. The molecule has 0 radical (unpaired) electrons. The first-order valence-corrected chi connectivity index (χ1v) is 7.36. The van der Waals surface area contributed by atoms with E-state index in [-0.39, 0.29) is 34.7 Å². The second-order valence-electron chi connectivity index (χ2n) is 4.90. The van der Waals surface area contributed by atoms with Gasteiger partial charge in [0, 0.05) is 29.1 Å². The molecule has 0 aliphatic heterocycles. The van der Waals surface area contributed by atoms with Gasteiger partial charge >= 0.3 is 6.09 Å². The third-order valence-corrected chi connectivity index (χ3v) is 3.51. The molecular weight excluding hydrogens is 337 g/mol. The summed E-state index contributed by atoms with van der Waals surface area (Å²) >= 11 is 5.89. The highest BCUT2D eigenvalue weighted by molar-refractivity contribution is 6.31. The molecule has 0 atom stereocenters. The molecule has 0 heterocycles. The van der Waals surface area contributed by atoms with E-state index in [9.17, 15) is 18.8 Å². The lowest BCUT2D eigenvalue weighted by Crippen LogP contribution is -2.24. The van der Waals surface area contributed by atoms with Crippen LogP contribution in [0, 0.1) is 5.82 Å². The van der Waals surface area contributed by atoms with Crippen LogP contribution in [0.25, 0.3) is 0 Å². The number of hydrogen-bond acceptors (Lipinski definition) is 3. The van der Waals surface area contributed by atoms with Gasteiger partial charge in [-0.3, -0.25) is 9.59 Å². The van der Waals surface area contributed by atoms with E-state index in [2.05, 4.69) is 5.32 Å². The minimum atomic E-state index is -1.25. The molecule has 2 N–H and O–H groups in total. The average Bonchev–Trinajstić information content (AvgIpc) is 2.54. The van der Waals surface area contributed by atoms with E-state index in [0.717, 1.165) is 6.07 Å². The van der Waals surface area contributed by atoms with Gasteiger partial charge in [-0.2, -0.15) is 0 Å². The molecular formula is C17H13ClFNO4. The van der Waals surface area contributed by atoms with E-state index in [0.29, 0.717) is 0 Å². The zero-order valence-electron chi connectivity index (χ0n) is 12.4. The third kappa shape index (κ3) is 4.17. The molecule has 124 valence electrons. The lowest BCUT2D eigenvalue weighted by atomic mass is 9.94. The van der Waals surface area contributed by atoms with E-state index in [4.69, 9.17) is 16.7 Å². The summed E-state index contributed by atoms with van der Waals surface area (Å²) in [5, 5.41) is 10.8. The fraction of sp³-hybridized carbons (Fsp3) is 0.118. The first-order valence-electron chi connectivity index (χ1n) is 6.99. The molecule has 2 rings (SSSR count). The SMILES string of the molecule is O=C(O)NCCC(=O)c1ccc(Cl)cc1C(=O)c1ccccc1F. The van der Waals surface area contributed by atoms with Crippen molar-refractivity contribution in [1.82, 2.24) is 5.32 Å². The van der Waals surface area contributed by atoms with Crippen molar-refractivity contribution < 1.29 is 23.9 Å². The summed E-state index contributed by atoms with van der Waals surface area (Å²) in [4.78, 5) is 35.2. The maximum Gasteiger partial charge on any atom is 0.404 e. The van der Waals surface area contributed by atoms with Crippen molar-refractivity contribution in [3.63, 3.8) is 0 Å². The number of hydrogen-bond donors (Lipinski definition) is 2. The van der Waals surface area contributed by atoms with Gasteiger partial charge in [0.05, 0.1) is 5.56 Å². The van der Waals surface area contributed by atoms with E-state index >= 15 is 0 Å². The van der Waals surface area contributed by atoms with Crippen LogP contribution in [-0.4, -0.2) is 29.3 Å². The number of ketones is 2. The molecule has 0 aromatic heterocycles. The van der Waals surface area contributed by atoms with Gasteiger partial charge in [0.25, 0.3) is 0 Å². The largest absolute Gasteiger partial charge is 0.465 e. The Bertz CT molecular complexity index is 807. The maximum absolute atomic E-state index is 13.8. The summed E-state index contributed by atoms with van der Waals surface area (Å²) < 4.78 is 13.8. The van der Waals surface area contributed by atoms with Crippen LogP contribution >= 0.6 is 11.6 Å². The lowest BCUT2D eigenvalue weighted by molar-refractivity contribution is 0.0966. The van der Waals surface area contributed by atoms with Crippen LogP contribution in [0.2, 0.25) is 5.02 Å². The fourth-order valence-corrected chi connectivity index (χ4v) is 2.33. The number of carbonyl (C=O) groups excluding carboxylic acids is 2. The Labute approximate surface area is 142 Å². The Morgan fingerprint density at radius 2 is 1.75 bits per heavy atom. The second kappa shape index (κ2) is 7.70. The molecule has 0 aliphatic carbocycles. The average molecular weight is 350 g/mol. The summed E-state index contributed by atoms with van der Waals surface area (Å²) in [5.74, 6) is -1.81. The van der Waals surface area contributed by atoms with Crippen LogP contribution in [-0.2, 0) is 0 Å². The number of nitrogens with one attached hydrogen (secondary N) is 1. The summed E-state index contributed by atoms with van der Waals surface area (Å²) in [6, 6.07) is 9.55. The van der Waals surface area contributed by atoms with Crippen molar-refractivity contribution >= 4 is 29.3 Å². The highest BCUT2D eigenvalue weighted by Crippen LogP contribution is 2.22. The standard InChI is InChI=1S/C17H13ClFNO4/c18-10-5-6-11(15(21)7-8-20-17(23)24)13(9-10)16(22)12-3-1-2-4-14(12)19/h1-6,9,20H,7-8H2,(H,23,24). The molecule has 2 aromatic rings. The molecule has 0 fully saturated rings. The van der Waals surface area contributed by atoms with E-state index in [1.165, 1.54) is 36.4 Å². The smallest absolute Gasteiger partial charge is 0.404 e. The first kappa shape index (κ1) is 17.6. The van der Waals surface area contributed by atoms with Crippen LogP contribution < -0.4 is 5.32 Å². The molecule has 24 heavy (non-hydrogen) atoms. The van der Waals surface area contributed by atoms with Gasteiger partial charge in [-0.15, -0.1) is 0 Å². The van der Waals surface area contributed by atoms with Gasteiger partial charge in [0.2, 0.25) is 0 Å². The Kier molecular flexibility index (Phi) is 5.65. The number of halogens is 2. The minimum Gasteiger partial charge on any atom is -0.465 e. The van der Waals surface area contributed by atoms with Gasteiger partial charge in [-0.05, 0) is 30.3 Å². The fourth-order valence-electron chi connectivity index (χ4n) is 2.16. The molecule has 2 aromatic carbocycles. The Hall–Kier alpha value is -2.73. The molecule has 0 bridgehead atoms. The highest BCUT2D eigenvalue weighted by atomic mass is 35.5. The zero-order valence-corrected chi connectivity index (χ0v) is 13.1. The quantitative estimate of drug-likeness (QED) is 0.781. The highest BCUT2D eigenvalue weighted by Gasteiger charge is 2.21. The third-order valence-electron chi connectivity index (χ3n) is 3.27.